The standard InChI is InChI=1S/C18H28N2/c1-13(2)11-14-5-3-9-18(19,12-14)16-8-7-15-6-4-10-20-17(15)16/h4,6,10,13-14,16H,3,5,7-9,11-12,19H2,1-2H3. The minimum absolute atomic E-state index is 0.00257. The number of aromatic nitrogens is 1. The van der Waals surface area contributed by atoms with Crippen LogP contribution in [0.2, 0.25) is 0 Å². The van der Waals surface area contributed by atoms with Crippen LogP contribution in [0.3, 0.4) is 0 Å². The van der Waals surface area contributed by atoms with Gasteiger partial charge in [-0.05, 0) is 55.6 Å². The van der Waals surface area contributed by atoms with E-state index in [0.29, 0.717) is 5.92 Å². The predicted octanol–water partition coefficient (Wildman–Crippen LogP) is 4.05. The normalized spacial score (nSPS) is 33.4. The monoisotopic (exact) mass is 272 g/mol. The SMILES string of the molecule is CC(C)CC1CCCC(N)(C2CCc3cccnc32)C1. The van der Waals surface area contributed by atoms with Crippen molar-refractivity contribution in [1.29, 1.82) is 0 Å². The van der Waals surface area contributed by atoms with Crippen molar-refractivity contribution in [2.75, 3.05) is 0 Å². The Bertz CT molecular complexity index is 468. The number of fused-ring (bicyclic) bond motifs is 1. The number of aryl methyl sites for hydroxylation is 1. The second-order valence-corrected chi connectivity index (χ2v) is 7.46. The lowest BCUT2D eigenvalue weighted by atomic mass is 9.67. The minimum Gasteiger partial charge on any atom is -0.324 e. The molecule has 2 nitrogen and oxygen atoms in total. The van der Waals surface area contributed by atoms with Crippen LogP contribution in [0.15, 0.2) is 18.3 Å². The molecule has 2 aliphatic rings. The van der Waals surface area contributed by atoms with E-state index in [1.807, 2.05) is 6.20 Å². The molecule has 2 heteroatoms. The summed E-state index contributed by atoms with van der Waals surface area (Å²) in [6.45, 7) is 4.67. The van der Waals surface area contributed by atoms with Crippen LogP contribution in [-0.4, -0.2) is 10.5 Å². The molecule has 0 spiro atoms. The Kier molecular flexibility index (Phi) is 3.85. The predicted molar refractivity (Wildman–Crippen MR) is 83.6 cm³/mol. The lowest BCUT2D eigenvalue weighted by Gasteiger charge is -2.43. The van der Waals surface area contributed by atoms with Gasteiger partial charge in [0.1, 0.15) is 0 Å². The maximum absolute atomic E-state index is 6.91. The summed E-state index contributed by atoms with van der Waals surface area (Å²) >= 11 is 0. The van der Waals surface area contributed by atoms with E-state index in [0.717, 1.165) is 11.8 Å². The van der Waals surface area contributed by atoms with Crippen LogP contribution in [0.1, 0.15) is 69.5 Å². The topological polar surface area (TPSA) is 38.9 Å². The molecular weight excluding hydrogens is 244 g/mol. The highest BCUT2D eigenvalue weighted by molar-refractivity contribution is 5.32. The van der Waals surface area contributed by atoms with Gasteiger partial charge in [0.05, 0.1) is 0 Å². The number of pyridine rings is 1. The molecule has 0 aliphatic heterocycles. The molecule has 1 aromatic rings. The van der Waals surface area contributed by atoms with Crippen molar-refractivity contribution in [3.05, 3.63) is 29.6 Å². The van der Waals surface area contributed by atoms with Crippen molar-refractivity contribution in [3.63, 3.8) is 0 Å². The molecule has 2 aliphatic carbocycles. The van der Waals surface area contributed by atoms with E-state index in [-0.39, 0.29) is 5.54 Å². The Labute approximate surface area is 123 Å². The summed E-state index contributed by atoms with van der Waals surface area (Å²) < 4.78 is 0. The zero-order valence-corrected chi connectivity index (χ0v) is 12.9. The third-order valence-corrected chi connectivity index (χ3v) is 5.38. The van der Waals surface area contributed by atoms with Crippen LogP contribution in [0.25, 0.3) is 0 Å². The smallest absolute Gasteiger partial charge is 0.0484 e. The fourth-order valence-electron chi connectivity index (χ4n) is 4.62. The van der Waals surface area contributed by atoms with Crippen LogP contribution in [0.4, 0.5) is 0 Å². The van der Waals surface area contributed by atoms with Gasteiger partial charge >= 0.3 is 0 Å². The van der Waals surface area contributed by atoms with Crippen molar-refractivity contribution in [2.45, 2.75) is 70.3 Å². The van der Waals surface area contributed by atoms with Crippen LogP contribution in [0.5, 0.6) is 0 Å². The fourth-order valence-corrected chi connectivity index (χ4v) is 4.62. The van der Waals surface area contributed by atoms with Gasteiger partial charge in [-0.1, -0.05) is 32.8 Å². The Morgan fingerprint density at radius 1 is 1.40 bits per heavy atom. The molecule has 1 aromatic heterocycles. The number of nitrogens with zero attached hydrogens (tertiary/aromatic N) is 1. The van der Waals surface area contributed by atoms with E-state index < -0.39 is 0 Å². The van der Waals surface area contributed by atoms with Crippen LogP contribution < -0.4 is 5.73 Å². The van der Waals surface area contributed by atoms with E-state index in [1.54, 1.807) is 0 Å². The zero-order chi connectivity index (χ0) is 14.2. The summed E-state index contributed by atoms with van der Waals surface area (Å²) in [5.41, 5.74) is 9.65. The van der Waals surface area contributed by atoms with Gasteiger partial charge < -0.3 is 5.73 Å². The molecule has 0 amide bonds. The second kappa shape index (κ2) is 5.48. The molecule has 3 rings (SSSR count). The molecule has 1 fully saturated rings. The Morgan fingerprint density at radius 3 is 3.05 bits per heavy atom. The molecule has 0 radical (unpaired) electrons. The van der Waals surface area contributed by atoms with E-state index in [1.165, 1.54) is 56.2 Å². The summed E-state index contributed by atoms with van der Waals surface area (Å²) in [5, 5.41) is 0. The average molecular weight is 272 g/mol. The van der Waals surface area contributed by atoms with E-state index in [9.17, 15) is 0 Å². The number of nitrogens with two attached hydrogens (primary N) is 1. The highest BCUT2D eigenvalue weighted by Crippen LogP contribution is 2.47. The molecule has 0 saturated heterocycles. The zero-order valence-electron chi connectivity index (χ0n) is 12.9. The number of hydrogen-bond donors (Lipinski definition) is 1. The van der Waals surface area contributed by atoms with Gasteiger partial charge in [0.25, 0.3) is 0 Å². The largest absolute Gasteiger partial charge is 0.324 e. The lowest BCUT2D eigenvalue weighted by Crippen LogP contribution is -2.49. The summed E-state index contributed by atoms with van der Waals surface area (Å²) in [6.07, 6.45) is 10.7. The van der Waals surface area contributed by atoms with Gasteiger partial charge in [-0.25, -0.2) is 0 Å². The molecule has 0 bridgehead atoms. The van der Waals surface area contributed by atoms with Gasteiger partial charge in [0.2, 0.25) is 0 Å². The van der Waals surface area contributed by atoms with Crippen molar-refractivity contribution >= 4 is 0 Å². The third kappa shape index (κ3) is 2.63. The van der Waals surface area contributed by atoms with Crippen LogP contribution >= 0.6 is 0 Å². The minimum atomic E-state index is -0.00257. The molecular formula is C18H28N2. The second-order valence-electron chi connectivity index (χ2n) is 7.46. The van der Waals surface area contributed by atoms with Gasteiger partial charge in [-0.2, -0.15) is 0 Å². The maximum Gasteiger partial charge on any atom is 0.0484 e. The maximum atomic E-state index is 6.91. The van der Waals surface area contributed by atoms with Crippen molar-refractivity contribution in [2.24, 2.45) is 17.6 Å². The summed E-state index contributed by atoms with van der Waals surface area (Å²) in [6, 6.07) is 4.30. The lowest BCUT2D eigenvalue weighted by molar-refractivity contribution is 0.170. The highest BCUT2D eigenvalue weighted by atomic mass is 14.8. The first-order valence-corrected chi connectivity index (χ1v) is 8.31. The Balaban J connectivity index is 1.79. The highest BCUT2D eigenvalue weighted by Gasteiger charge is 2.43. The van der Waals surface area contributed by atoms with Crippen molar-refractivity contribution in [3.8, 4) is 0 Å². The third-order valence-electron chi connectivity index (χ3n) is 5.38. The first-order valence-electron chi connectivity index (χ1n) is 8.31. The molecule has 3 atom stereocenters. The Morgan fingerprint density at radius 2 is 2.25 bits per heavy atom. The summed E-state index contributed by atoms with van der Waals surface area (Å²) in [7, 11) is 0. The van der Waals surface area contributed by atoms with E-state index >= 15 is 0 Å². The van der Waals surface area contributed by atoms with E-state index in [4.69, 9.17) is 5.73 Å². The summed E-state index contributed by atoms with van der Waals surface area (Å²) in [4.78, 5) is 4.67. The van der Waals surface area contributed by atoms with Gasteiger partial charge in [-0.3, -0.25) is 4.98 Å². The van der Waals surface area contributed by atoms with Gasteiger partial charge in [0.15, 0.2) is 0 Å². The molecule has 0 aromatic carbocycles. The molecule has 1 saturated carbocycles. The molecule has 2 N–H and O–H groups in total. The van der Waals surface area contributed by atoms with Gasteiger partial charge in [-0.15, -0.1) is 0 Å². The Hall–Kier alpha value is -0.890. The average Bonchev–Trinajstić information content (AvgIpc) is 2.82. The van der Waals surface area contributed by atoms with Gasteiger partial charge in [0, 0.05) is 23.3 Å². The first kappa shape index (κ1) is 14.1. The molecule has 20 heavy (non-hydrogen) atoms. The summed E-state index contributed by atoms with van der Waals surface area (Å²) in [5.74, 6) is 2.10. The van der Waals surface area contributed by atoms with E-state index in [2.05, 4.69) is 31.0 Å². The van der Waals surface area contributed by atoms with Crippen LogP contribution in [0, 0.1) is 11.8 Å². The van der Waals surface area contributed by atoms with Crippen molar-refractivity contribution in [1.82, 2.24) is 4.98 Å². The van der Waals surface area contributed by atoms with Crippen molar-refractivity contribution < 1.29 is 0 Å². The number of hydrogen-bond acceptors (Lipinski definition) is 2. The quantitative estimate of drug-likeness (QED) is 0.901. The molecule has 3 unspecified atom stereocenters. The number of rotatable bonds is 3. The van der Waals surface area contributed by atoms with Crippen LogP contribution in [-0.2, 0) is 6.42 Å². The molecule has 1 heterocycles. The first-order chi connectivity index (χ1) is 9.58. The molecule has 110 valence electrons. The fraction of sp³-hybridized carbons (Fsp3) is 0.722.